The molecule has 29 heteroatoms. The standard InChI is InChI=1S/C31H39F6NO.C30H40F3NO.2C26H29F6NO/c1-19(2)12-13-38-18-23(8-11-29(38)31(35,36)37)25-15-24(22-6-9-27(10-7-22)30(32,33)34)16-26(17-25)28(21(5)39)14-20(3)4;1-6-28(7-2)34-14-8-9-23(19-34)25-16-24(22-10-12-27(13-11-22)30(31,32)33)17-26(18-25)29(21(5)35)15-20(3)4;2*1-15(2)10-23(16(3)34)21-12-19(17-4-7-22(8-5-17)25(27,28)29)11-20(13-21)18-6-9-24(33-14-18)26(30,31)32/h6-7,9-10,15-17,19-20,23,28-29H,8,11-14,18H2,1-5H3;10-13,16-18,20,23,28-29H,6-9,14-15,19H2,1-5H3;2*4-5,7-8,11-13,15,18,23-24,33H,6,9-10,14H2,1-3H3/t23-,28+,29-;;2*18-,23+,24-/m1.10/s1. The molecule has 4 saturated heterocycles. The van der Waals surface area contributed by atoms with E-state index in [0.717, 1.165) is 144 Å². The number of piperidine rings is 4. The van der Waals surface area contributed by atoms with E-state index in [1.54, 1.807) is 19.1 Å². The predicted octanol–water partition coefficient (Wildman–Crippen LogP) is 32.7. The molecule has 0 bridgehead atoms. The van der Waals surface area contributed by atoms with Crippen molar-refractivity contribution in [3.63, 3.8) is 0 Å². The Bertz CT molecular complexity index is 5220. The van der Waals surface area contributed by atoms with Crippen LogP contribution in [-0.2, 0) is 43.9 Å². The number of Topliss-reactive ketones (excluding diaryl/α,β-unsaturated/α-hetero) is 4. The summed E-state index contributed by atoms with van der Waals surface area (Å²) in [7, 11) is 0. The van der Waals surface area contributed by atoms with Gasteiger partial charge in [0.15, 0.2) is 0 Å². The van der Waals surface area contributed by atoms with Crippen molar-refractivity contribution in [2.75, 3.05) is 39.3 Å². The number of hydrogen-bond acceptors (Lipinski definition) is 8. The minimum Gasteiger partial charge on any atom is -0.306 e. The Balaban J connectivity index is 0.000000212. The van der Waals surface area contributed by atoms with Crippen LogP contribution in [0, 0.1) is 29.6 Å². The van der Waals surface area contributed by atoms with Crippen LogP contribution < -0.4 is 10.6 Å². The van der Waals surface area contributed by atoms with Crippen LogP contribution in [0.1, 0.15) is 321 Å². The van der Waals surface area contributed by atoms with E-state index in [1.807, 2.05) is 116 Å². The molecule has 4 aliphatic heterocycles. The summed E-state index contributed by atoms with van der Waals surface area (Å²) in [6.45, 7) is 33.8. The summed E-state index contributed by atoms with van der Waals surface area (Å²) in [5, 5.41) is 5.16. The highest BCUT2D eigenvalue weighted by Gasteiger charge is 2.48. The number of likely N-dealkylation sites (tertiary alicyclic amines) is 2. The molecule has 4 aliphatic rings. The molecule has 8 aromatic carbocycles. The van der Waals surface area contributed by atoms with Gasteiger partial charge in [-0.25, -0.2) is 0 Å². The van der Waals surface area contributed by atoms with E-state index in [0.29, 0.717) is 103 Å². The molecule has 2 unspecified atom stereocenters. The zero-order valence-electron chi connectivity index (χ0n) is 83.8. The molecule has 142 heavy (non-hydrogen) atoms. The minimum atomic E-state index is -4.46. The van der Waals surface area contributed by atoms with Gasteiger partial charge < -0.3 is 10.6 Å². The van der Waals surface area contributed by atoms with E-state index < -0.39 is 101 Å². The first kappa shape index (κ1) is 116. The normalized spacial score (nSPS) is 19.8. The first-order valence-corrected chi connectivity index (χ1v) is 49.6. The second-order valence-corrected chi connectivity index (χ2v) is 41.4. The van der Waals surface area contributed by atoms with Crippen molar-refractivity contribution in [1.82, 2.24) is 20.4 Å². The third kappa shape index (κ3) is 33.4. The topological polar surface area (TPSA) is 98.8 Å². The molecule has 0 amide bonds. The smallest absolute Gasteiger partial charge is 0.306 e. The molecule has 4 heterocycles. The van der Waals surface area contributed by atoms with E-state index in [-0.39, 0.29) is 109 Å². The monoisotopic (exact) mass is 2010 g/mol. The fourth-order valence-electron chi connectivity index (χ4n) is 20.2. The molecular formula is C113H137F21N4O4. The van der Waals surface area contributed by atoms with Crippen LogP contribution in [-0.4, -0.2) is 115 Å². The van der Waals surface area contributed by atoms with E-state index >= 15 is 0 Å². The van der Waals surface area contributed by atoms with Gasteiger partial charge in [0.05, 0.1) is 22.3 Å². The molecule has 8 aromatic rings. The van der Waals surface area contributed by atoms with Gasteiger partial charge in [-0.3, -0.25) is 29.0 Å². The summed E-state index contributed by atoms with van der Waals surface area (Å²) in [5.74, 6) is -0.234. The van der Waals surface area contributed by atoms with Crippen LogP contribution in [0.15, 0.2) is 170 Å². The Labute approximate surface area is 822 Å². The Morgan fingerprint density at radius 3 is 0.810 bits per heavy atom. The van der Waals surface area contributed by atoms with Gasteiger partial charge in [-0.15, -0.1) is 0 Å². The number of hydrogen-bond donors (Lipinski definition) is 2. The van der Waals surface area contributed by atoms with Crippen molar-refractivity contribution in [3.8, 4) is 44.5 Å². The van der Waals surface area contributed by atoms with Crippen LogP contribution >= 0.6 is 0 Å². The molecule has 0 saturated carbocycles. The maximum atomic E-state index is 13.9. The van der Waals surface area contributed by atoms with E-state index in [1.165, 1.54) is 67.6 Å². The molecule has 8 nitrogen and oxygen atoms in total. The van der Waals surface area contributed by atoms with Gasteiger partial charge in [0.2, 0.25) is 0 Å². The number of halogens is 21. The summed E-state index contributed by atoms with van der Waals surface area (Å²) >= 11 is 0. The van der Waals surface area contributed by atoms with Crippen molar-refractivity contribution in [2.45, 2.75) is 322 Å². The lowest BCUT2D eigenvalue weighted by Crippen LogP contribution is -2.51. The van der Waals surface area contributed by atoms with Crippen molar-refractivity contribution < 1.29 is 111 Å². The molecule has 0 aliphatic carbocycles. The molecule has 0 radical (unpaired) electrons. The molecule has 0 spiro atoms. The van der Waals surface area contributed by atoms with Crippen molar-refractivity contribution in [1.29, 1.82) is 0 Å². The van der Waals surface area contributed by atoms with Gasteiger partial charge >= 0.3 is 43.2 Å². The highest BCUT2D eigenvalue weighted by Crippen LogP contribution is 2.47. The number of nitrogens with one attached hydrogen (secondary N) is 2. The zero-order valence-corrected chi connectivity index (χ0v) is 83.8. The highest BCUT2D eigenvalue weighted by molar-refractivity contribution is 5.87. The SMILES string of the molecule is CC(=O)[C@@H](CC(C)C)c1cc(-c2ccc(C(F)(F)F)cc2)cc([C@H]2CC[C@@H](C(F)(F)F)NC2)c1.CC(=O)[C@H](CC(C)C)c1cc(-c2ccc(C(F)(F)F)cc2)cc([C@@H]2CC[C@H](C(F)(F)F)N(CCC(C)C)C2)c1.CC(=O)[C@H](CC(C)C)c1cc(-c2ccc(C(F)(F)F)cc2)cc([C@@H]2CC[C@H](C(F)(F)F)NC2)c1.CCC(CC)N1CCCC(c2cc(-c3ccc(C(F)(F)F)cc3)cc(C(CC(C)C)C(C)=O)c2)C1. The molecule has 0 aromatic heterocycles. The number of benzene rings is 8. The quantitative estimate of drug-likeness (QED) is 0.0430. The molecule has 11 atom stereocenters. The Morgan fingerprint density at radius 2 is 0.585 bits per heavy atom. The summed E-state index contributed by atoms with van der Waals surface area (Å²) in [4.78, 5) is 54.4. The third-order valence-corrected chi connectivity index (χ3v) is 28.0. The van der Waals surface area contributed by atoms with E-state index in [9.17, 15) is 111 Å². The molecule has 4 fully saturated rings. The fraction of sp³-hybridized carbons (Fsp3) is 0.540. The lowest BCUT2D eigenvalue weighted by atomic mass is 9.81. The van der Waals surface area contributed by atoms with E-state index in [2.05, 4.69) is 55.4 Å². The van der Waals surface area contributed by atoms with Crippen molar-refractivity contribution in [3.05, 3.63) is 237 Å². The Hall–Kier alpha value is -9.19. The fourth-order valence-corrected chi connectivity index (χ4v) is 20.2. The van der Waals surface area contributed by atoms with Gasteiger partial charge in [-0.1, -0.05) is 204 Å². The maximum Gasteiger partial charge on any atom is 0.416 e. The van der Waals surface area contributed by atoms with Crippen LogP contribution in [0.3, 0.4) is 0 Å². The second kappa shape index (κ2) is 49.8. The first-order chi connectivity index (χ1) is 66.1. The van der Waals surface area contributed by atoms with E-state index in [4.69, 9.17) is 0 Å². The summed E-state index contributed by atoms with van der Waals surface area (Å²) in [5.41, 5.74) is 9.18. The number of nitrogens with zero attached hydrogens (tertiary/aromatic N) is 2. The van der Waals surface area contributed by atoms with Crippen LogP contribution in [0.4, 0.5) is 92.2 Å². The highest BCUT2D eigenvalue weighted by atomic mass is 19.4. The summed E-state index contributed by atoms with van der Waals surface area (Å²) in [6.07, 6.45) is -22.1. The Morgan fingerprint density at radius 1 is 0.317 bits per heavy atom. The van der Waals surface area contributed by atoms with Gasteiger partial charge in [-0.2, -0.15) is 92.2 Å². The lowest BCUT2D eigenvalue weighted by molar-refractivity contribution is -0.192. The van der Waals surface area contributed by atoms with Gasteiger partial charge in [0.25, 0.3) is 0 Å². The molecule has 12 rings (SSSR count). The number of ketones is 4. The third-order valence-electron chi connectivity index (χ3n) is 28.0. The number of rotatable bonds is 30. The molecule has 2 N–H and O–H groups in total. The van der Waals surface area contributed by atoms with Crippen molar-refractivity contribution in [2.24, 2.45) is 29.6 Å². The Kier molecular flexibility index (Phi) is 40.8. The molecular weight excluding hydrogens is 1880 g/mol. The predicted molar refractivity (Wildman–Crippen MR) is 519 cm³/mol. The lowest BCUT2D eigenvalue weighted by Gasteiger charge is -2.41. The largest absolute Gasteiger partial charge is 0.416 e. The van der Waals surface area contributed by atoms with Gasteiger partial charge in [0.1, 0.15) is 41.3 Å². The minimum absolute atomic E-state index is 0.0152. The van der Waals surface area contributed by atoms with Crippen LogP contribution in [0.2, 0.25) is 0 Å². The number of alkyl halides is 21. The average molecular weight is 2010 g/mol. The van der Waals surface area contributed by atoms with Crippen LogP contribution in [0.5, 0.6) is 0 Å². The zero-order chi connectivity index (χ0) is 105. The number of carbonyl (C=O) groups excluding carboxylic acids is 4. The van der Waals surface area contributed by atoms with Gasteiger partial charge in [-0.05, 0) is 328 Å². The molecule has 780 valence electrons. The van der Waals surface area contributed by atoms with Gasteiger partial charge in [0, 0.05) is 55.9 Å². The summed E-state index contributed by atoms with van der Waals surface area (Å²) in [6, 6.07) is 38.8. The average Bonchev–Trinajstić information content (AvgIpc) is 0.814. The summed E-state index contributed by atoms with van der Waals surface area (Å²) < 4.78 is 277. The first-order valence-electron chi connectivity index (χ1n) is 49.6. The van der Waals surface area contributed by atoms with Crippen LogP contribution in [0.25, 0.3) is 44.5 Å². The second-order valence-electron chi connectivity index (χ2n) is 41.4. The maximum absolute atomic E-state index is 13.9. The number of carbonyl (C=O) groups is 4. The van der Waals surface area contributed by atoms with Crippen molar-refractivity contribution >= 4 is 23.1 Å².